The maximum Gasteiger partial charge on any atom is 0.325 e. The number of rotatable bonds is 8. The molecule has 0 aliphatic heterocycles. The average Bonchev–Trinajstić information content (AvgIpc) is 3.14. The molecule has 1 unspecified atom stereocenters. The second kappa shape index (κ2) is 11.4. The predicted molar refractivity (Wildman–Crippen MR) is 156 cm³/mol. The van der Waals surface area contributed by atoms with Gasteiger partial charge in [0.2, 0.25) is 0 Å². The molecule has 0 amide bonds. The van der Waals surface area contributed by atoms with Crippen LogP contribution in [0.5, 0.6) is 5.75 Å². The van der Waals surface area contributed by atoms with Gasteiger partial charge in [-0.15, -0.1) is 0 Å². The lowest BCUT2D eigenvalue weighted by atomic mass is 9.74. The third-order valence-corrected chi connectivity index (χ3v) is 8.84. The molecule has 0 saturated heterocycles. The van der Waals surface area contributed by atoms with Crippen LogP contribution < -0.4 is 4.74 Å². The largest absolute Gasteiger partial charge is 0.496 e. The predicted octanol–water partition coefficient (Wildman–Crippen LogP) is 8.71. The van der Waals surface area contributed by atoms with Crippen molar-refractivity contribution in [1.82, 2.24) is 4.57 Å². The molecule has 4 nitrogen and oxygen atoms in total. The van der Waals surface area contributed by atoms with E-state index in [0.717, 1.165) is 66.1 Å². The minimum Gasteiger partial charge on any atom is -0.496 e. The highest BCUT2D eigenvalue weighted by molar-refractivity contribution is 14.1. The molecule has 0 N–H and O–H groups in total. The number of benzene rings is 1. The summed E-state index contributed by atoms with van der Waals surface area (Å²) in [4.78, 5) is 26.6. The Morgan fingerprint density at radius 3 is 2.39 bits per heavy atom. The molecule has 1 aromatic carbocycles. The second-order valence-electron chi connectivity index (χ2n) is 10.8. The molecule has 36 heavy (non-hydrogen) atoms. The Labute approximate surface area is 240 Å². The Balaban J connectivity index is 1.90. The molecular weight excluding hydrogens is 690 g/mol. The molecular formula is C28H35F2I2NO3. The van der Waals surface area contributed by atoms with E-state index in [4.69, 9.17) is 4.74 Å². The standard InChI is InChI=1S/C28H35F2I2NO3/c1-6-27(23-12-10-21(33(23)17-31)25(35)26(2,3)4)14-7-8-18(13-15-27)24(34)19-9-11-22(36-5)20(16-19)28(29,30)32/h9-12,16,18H,6-8,13-15,17H2,1-5H3/t18-,27?/m0/s1. The average molecular weight is 725 g/mol. The molecule has 3 rings (SSSR count). The van der Waals surface area contributed by atoms with Crippen molar-refractivity contribution in [2.45, 2.75) is 80.1 Å². The SMILES string of the molecule is CCC1(c2ccc(C(=O)C(C)(C)C)n2CI)CCC[C@H](C(=O)c2ccc(OC)c(C(F)(F)I)c2)CC1. The van der Waals surface area contributed by atoms with Crippen molar-refractivity contribution in [3.8, 4) is 5.75 Å². The summed E-state index contributed by atoms with van der Waals surface area (Å²) in [6, 6.07) is 8.40. The normalized spacial score (nSPS) is 21.2. The lowest BCUT2D eigenvalue weighted by Gasteiger charge is -2.34. The van der Waals surface area contributed by atoms with Crippen LogP contribution in [0.3, 0.4) is 0 Å². The van der Waals surface area contributed by atoms with Crippen molar-refractivity contribution >= 4 is 56.7 Å². The molecule has 2 atom stereocenters. The van der Waals surface area contributed by atoms with Gasteiger partial charge in [-0.1, -0.05) is 56.7 Å². The van der Waals surface area contributed by atoms with E-state index in [1.807, 2.05) is 26.8 Å². The first-order valence-corrected chi connectivity index (χ1v) is 15.0. The van der Waals surface area contributed by atoms with Gasteiger partial charge in [-0.05, 0) is 62.4 Å². The summed E-state index contributed by atoms with van der Waals surface area (Å²) in [5.41, 5.74) is 1.34. The van der Waals surface area contributed by atoms with Gasteiger partial charge in [-0.3, -0.25) is 9.59 Å². The fourth-order valence-corrected chi connectivity index (χ4v) is 6.58. The Hall–Kier alpha value is -1.04. The third-order valence-electron chi connectivity index (χ3n) is 7.57. The number of ether oxygens (including phenoxy) is 1. The maximum atomic E-state index is 14.2. The molecule has 1 heterocycles. The number of halogens is 4. The smallest absolute Gasteiger partial charge is 0.325 e. The van der Waals surface area contributed by atoms with Crippen molar-refractivity contribution in [2.24, 2.45) is 11.3 Å². The van der Waals surface area contributed by atoms with Crippen LogP contribution in [0.2, 0.25) is 0 Å². The second-order valence-corrected chi connectivity index (χ2v) is 12.8. The van der Waals surface area contributed by atoms with E-state index in [2.05, 4.69) is 40.1 Å². The highest BCUT2D eigenvalue weighted by Crippen LogP contribution is 2.45. The Kier molecular flexibility index (Phi) is 9.32. The van der Waals surface area contributed by atoms with Crippen LogP contribution in [0.25, 0.3) is 0 Å². The van der Waals surface area contributed by atoms with Gasteiger partial charge < -0.3 is 9.30 Å². The summed E-state index contributed by atoms with van der Waals surface area (Å²) in [7, 11) is 1.35. The summed E-state index contributed by atoms with van der Waals surface area (Å²) in [5.74, 6) is -0.0989. The lowest BCUT2D eigenvalue weighted by molar-refractivity contribution is 0.0848. The summed E-state index contributed by atoms with van der Waals surface area (Å²) in [6.45, 7) is 8.00. The fourth-order valence-electron chi connectivity index (χ4n) is 5.42. The highest BCUT2D eigenvalue weighted by Gasteiger charge is 2.39. The zero-order chi connectivity index (χ0) is 26.9. The van der Waals surface area contributed by atoms with Crippen molar-refractivity contribution in [1.29, 1.82) is 0 Å². The molecule has 1 saturated carbocycles. The molecule has 1 aromatic heterocycles. The van der Waals surface area contributed by atoms with E-state index in [1.165, 1.54) is 19.2 Å². The number of ketones is 2. The highest BCUT2D eigenvalue weighted by atomic mass is 127. The lowest BCUT2D eigenvalue weighted by Crippen LogP contribution is -2.30. The molecule has 0 bridgehead atoms. The number of nitrogens with zero attached hydrogens (tertiary/aromatic N) is 1. The van der Waals surface area contributed by atoms with E-state index in [0.29, 0.717) is 16.5 Å². The van der Waals surface area contributed by atoms with Crippen LogP contribution >= 0.6 is 45.2 Å². The molecule has 198 valence electrons. The Bertz CT molecular complexity index is 1120. The van der Waals surface area contributed by atoms with E-state index >= 15 is 0 Å². The van der Waals surface area contributed by atoms with E-state index in [-0.39, 0.29) is 34.2 Å². The monoisotopic (exact) mass is 725 g/mol. The van der Waals surface area contributed by atoms with Crippen LogP contribution in [-0.2, 0) is 13.9 Å². The van der Waals surface area contributed by atoms with Crippen LogP contribution in [0.4, 0.5) is 8.78 Å². The molecule has 1 aliphatic rings. The number of carbonyl (C=O) groups excluding carboxylic acids is 2. The van der Waals surface area contributed by atoms with Gasteiger partial charge in [0.1, 0.15) is 5.75 Å². The number of hydrogen-bond donors (Lipinski definition) is 0. The van der Waals surface area contributed by atoms with Gasteiger partial charge >= 0.3 is 3.93 Å². The number of hydrogen-bond acceptors (Lipinski definition) is 3. The molecule has 2 aromatic rings. The Morgan fingerprint density at radius 2 is 1.83 bits per heavy atom. The zero-order valence-corrected chi connectivity index (χ0v) is 25.9. The summed E-state index contributed by atoms with van der Waals surface area (Å²) in [6.07, 6.45) is 4.92. The van der Waals surface area contributed by atoms with Crippen LogP contribution in [-0.4, -0.2) is 23.2 Å². The molecule has 8 heteroatoms. The first kappa shape index (κ1) is 29.5. The summed E-state index contributed by atoms with van der Waals surface area (Å²) >= 11 is 3.39. The van der Waals surface area contributed by atoms with Gasteiger partial charge in [0, 0.05) is 50.6 Å². The first-order chi connectivity index (χ1) is 16.8. The quantitative estimate of drug-likeness (QED) is 0.119. The molecule has 0 spiro atoms. The zero-order valence-electron chi connectivity index (χ0n) is 21.6. The summed E-state index contributed by atoms with van der Waals surface area (Å²) in [5, 5.41) is 0. The van der Waals surface area contributed by atoms with Crippen molar-refractivity contribution < 1.29 is 23.1 Å². The van der Waals surface area contributed by atoms with E-state index in [1.54, 1.807) is 6.07 Å². The summed E-state index contributed by atoms with van der Waals surface area (Å²) < 4.78 is 33.1. The third kappa shape index (κ3) is 5.99. The number of Topliss-reactive ketones (excluding diaryl/α,β-unsaturated/α-hetero) is 2. The van der Waals surface area contributed by atoms with E-state index < -0.39 is 9.34 Å². The first-order valence-electron chi connectivity index (χ1n) is 12.4. The number of carbonyl (C=O) groups is 2. The van der Waals surface area contributed by atoms with Crippen LogP contribution in [0, 0.1) is 11.3 Å². The fraction of sp³-hybridized carbons (Fsp3) is 0.571. The minimum atomic E-state index is -3.13. The Morgan fingerprint density at radius 1 is 1.14 bits per heavy atom. The van der Waals surface area contributed by atoms with Gasteiger partial charge in [-0.2, -0.15) is 8.78 Å². The molecule has 1 aliphatic carbocycles. The molecule has 0 radical (unpaired) electrons. The van der Waals surface area contributed by atoms with E-state index in [9.17, 15) is 18.4 Å². The topological polar surface area (TPSA) is 48.3 Å². The van der Waals surface area contributed by atoms with Crippen molar-refractivity contribution in [3.63, 3.8) is 0 Å². The van der Waals surface area contributed by atoms with Crippen molar-refractivity contribution in [3.05, 3.63) is 52.8 Å². The van der Waals surface area contributed by atoms with Crippen molar-refractivity contribution in [2.75, 3.05) is 7.11 Å². The van der Waals surface area contributed by atoms with Gasteiger partial charge in [0.05, 0.1) is 22.9 Å². The van der Waals surface area contributed by atoms with Crippen LogP contribution in [0.1, 0.15) is 98.3 Å². The number of aromatic nitrogens is 1. The number of alkyl halides is 4. The molecule has 1 fully saturated rings. The minimum absolute atomic E-state index is 0.0805. The number of methoxy groups -OCH3 is 1. The van der Waals surface area contributed by atoms with Crippen LogP contribution in [0.15, 0.2) is 30.3 Å². The van der Waals surface area contributed by atoms with Gasteiger partial charge in [0.15, 0.2) is 11.6 Å². The van der Waals surface area contributed by atoms with Gasteiger partial charge in [-0.25, -0.2) is 0 Å². The maximum absolute atomic E-state index is 14.2. The van der Waals surface area contributed by atoms with Gasteiger partial charge in [0.25, 0.3) is 0 Å².